The first kappa shape index (κ1) is 17.8. The van der Waals surface area contributed by atoms with E-state index in [2.05, 4.69) is 53.1 Å². The zero-order chi connectivity index (χ0) is 17.5. The van der Waals surface area contributed by atoms with E-state index in [4.69, 9.17) is 0 Å². The van der Waals surface area contributed by atoms with Crippen LogP contribution in [0.15, 0.2) is 60.7 Å². The first-order valence-corrected chi connectivity index (χ1v) is 9.14. The molecular weight excluding hydrogens is 311 g/mol. The molecule has 0 amide bonds. The normalized spacial score (nSPS) is 17.8. The predicted octanol–water partition coefficient (Wildman–Crippen LogP) is 4.09. The van der Waals surface area contributed by atoms with Gasteiger partial charge in [-0.15, -0.1) is 0 Å². The van der Waals surface area contributed by atoms with E-state index in [1.165, 1.54) is 5.56 Å². The summed E-state index contributed by atoms with van der Waals surface area (Å²) >= 11 is 0. The average molecular weight is 338 g/mol. The van der Waals surface area contributed by atoms with E-state index < -0.39 is 0 Å². The summed E-state index contributed by atoms with van der Waals surface area (Å²) in [6, 6.07) is 17.9. The molecule has 0 spiro atoms. The molecule has 1 heterocycles. The molecule has 0 saturated carbocycles. The summed E-state index contributed by atoms with van der Waals surface area (Å²) in [5, 5.41) is 0. The van der Waals surface area contributed by atoms with Crippen molar-refractivity contribution in [3.63, 3.8) is 0 Å². The average Bonchev–Trinajstić information content (AvgIpc) is 2.65. The van der Waals surface area contributed by atoms with Crippen LogP contribution in [-0.2, 0) is 6.42 Å². The van der Waals surface area contributed by atoms with E-state index in [0.29, 0.717) is 6.04 Å². The van der Waals surface area contributed by atoms with E-state index >= 15 is 0 Å². The van der Waals surface area contributed by atoms with Crippen LogP contribution in [0.25, 0.3) is 6.08 Å². The highest BCUT2D eigenvalue weighted by Crippen LogP contribution is 2.14. The van der Waals surface area contributed by atoms with Gasteiger partial charge < -0.3 is 0 Å². The quantitative estimate of drug-likeness (QED) is 0.783. The summed E-state index contributed by atoms with van der Waals surface area (Å²) in [4.78, 5) is 4.95. The Labute approximate surface area is 150 Å². The van der Waals surface area contributed by atoms with Crippen molar-refractivity contribution in [2.45, 2.75) is 19.4 Å². The number of nitrogens with zero attached hydrogens (tertiary/aromatic N) is 2. The molecule has 1 unspecified atom stereocenters. The lowest BCUT2D eigenvalue weighted by molar-refractivity contribution is 0.109. The second kappa shape index (κ2) is 8.93. The smallest absolute Gasteiger partial charge is 0.126 e. The van der Waals surface area contributed by atoms with Crippen LogP contribution < -0.4 is 0 Å². The summed E-state index contributed by atoms with van der Waals surface area (Å²) < 4.78 is 13.8. The Bertz CT molecular complexity index is 675. The number of piperazine rings is 1. The molecule has 1 atom stereocenters. The van der Waals surface area contributed by atoms with Gasteiger partial charge in [-0.3, -0.25) is 9.80 Å². The maximum Gasteiger partial charge on any atom is 0.126 e. The molecule has 25 heavy (non-hydrogen) atoms. The third-order valence-corrected chi connectivity index (χ3v) is 4.98. The molecule has 2 aromatic rings. The van der Waals surface area contributed by atoms with Crippen LogP contribution in [0.4, 0.5) is 4.39 Å². The molecule has 0 N–H and O–H groups in total. The Kier molecular flexibility index (Phi) is 6.37. The second-order valence-corrected chi connectivity index (χ2v) is 6.79. The minimum absolute atomic E-state index is 0.0842. The van der Waals surface area contributed by atoms with Gasteiger partial charge >= 0.3 is 0 Å². The number of hydrogen-bond donors (Lipinski definition) is 0. The van der Waals surface area contributed by atoms with Crippen LogP contribution in [0, 0.1) is 5.82 Å². The molecule has 0 aromatic heterocycles. The molecule has 1 aliphatic rings. The lowest BCUT2D eigenvalue weighted by Crippen LogP contribution is -2.50. The Morgan fingerprint density at radius 1 is 0.960 bits per heavy atom. The molecular formula is C22H27FN2. The van der Waals surface area contributed by atoms with Crippen LogP contribution in [0.1, 0.15) is 18.1 Å². The standard InChI is InChI=1S/C22H27FN2/c1-19(18-21-11-5-6-12-22(21)23)25-16-14-24(15-17-25)13-7-10-20-8-3-2-4-9-20/h2-12,19H,13-18H2,1H3/b10-7+. The van der Waals surface area contributed by atoms with Crippen molar-refractivity contribution in [2.75, 3.05) is 32.7 Å². The van der Waals surface area contributed by atoms with Gasteiger partial charge in [0.15, 0.2) is 0 Å². The van der Waals surface area contributed by atoms with Gasteiger partial charge in [0.25, 0.3) is 0 Å². The molecule has 1 aliphatic heterocycles. The zero-order valence-electron chi connectivity index (χ0n) is 14.9. The first-order valence-electron chi connectivity index (χ1n) is 9.14. The van der Waals surface area contributed by atoms with Gasteiger partial charge in [0.2, 0.25) is 0 Å². The van der Waals surface area contributed by atoms with Crippen LogP contribution >= 0.6 is 0 Å². The molecule has 2 aromatic carbocycles. The molecule has 132 valence electrons. The zero-order valence-corrected chi connectivity index (χ0v) is 14.9. The maximum atomic E-state index is 13.8. The van der Waals surface area contributed by atoms with Crippen molar-refractivity contribution >= 4 is 6.08 Å². The fraction of sp³-hybridized carbons (Fsp3) is 0.364. The molecule has 2 nitrogen and oxygen atoms in total. The number of benzene rings is 2. The molecule has 0 aliphatic carbocycles. The highest BCUT2D eigenvalue weighted by atomic mass is 19.1. The maximum absolute atomic E-state index is 13.8. The summed E-state index contributed by atoms with van der Waals surface area (Å²) in [7, 11) is 0. The summed E-state index contributed by atoms with van der Waals surface area (Å²) in [5.74, 6) is -0.0842. The SMILES string of the molecule is CC(Cc1ccccc1F)N1CCN(C/C=C/c2ccccc2)CC1. The van der Waals surface area contributed by atoms with Gasteiger partial charge in [0, 0.05) is 38.8 Å². The fourth-order valence-electron chi connectivity index (χ4n) is 3.40. The highest BCUT2D eigenvalue weighted by Gasteiger charge is 2.21. The lowest BCUT2D eigenvalue weighted by Gasteiger charge is -2.37. The summed E-state index contributed by atoms with van der Waals surface area (Å²) in [6.45, 7) is 7.44. The highest BCUT2D eigenvalue weighted by molar-refractivity contribution is 5.48. The molecule has 1 saturated heterocycles. The minimum atomic E-state index is -0.0842. The molecule has 3 heteroatoms. The third-order valence-electron chi connectivity index (χ3n) is 4.98. The van der Waals surface area contributed by atoms with Gasteiger partial charge in [0.1, 0.15) is 5.82 Å². The van der Waals surface area contributed by atoms with E-state index in [9.17, 15) is 4.39 Å². The Morgan fingerprint density at radius 3 is 2.36 bits per heavy atom. The van der Waals surface area contributed by atoms with Gasteiger partial charge in [-0.2, -0.15) is 0 Å². The summed E-state index contributed by atoms with van der Waals surface area (Å²) in [6.07, 6.45) is 5.21. The van der Waals surface area contributed by atoms with E-state index in [0.717, 1.165) is 44.7 Å². The predicted molar refractivity (Wildman–Crippen MR) is 103 cm³/mol. The second-order valence-electron chi connectivity index (χ2n) is 6.79. The molecule has 3 rings (SSSR count). The largest absolute Gasteiger partial charge is 0.298 e. The van der Waals surface area contributed by atoms with Crippen LogP contribution in [0.2, 0.25) is 0 Å². The van der Waals surface area contributed by atoms with Crippen LogP contribution in [0.3, 0.4) is 0 Å². The Balaban J connectivity index is 1.44. The Morgan fingerprint density at radius 2 is 1.64 bits per heavy atom. The molecule has 0 bridgehead atoms. The van der Waals surface area contributed by atoms with Gasteiger partial charge in [-0.05, 0) is 30.5 Å². The first-order chi connectivity index (χ1) is 12.2. The van der Waals surface area contributed by atoms with Crippen molar-refractivity contribution in [1.29, 1.82) is 0 Å². The van der Waals surface area contributed by atoms with Gasteiger partial charge in [0.05, 0.1) is 0 Å². The van der Waals surface area contributed by atoms with Crippen LogP contribution in [0.5, 0.6) is 0 Å². The van der Waals surface area contributed by atoms with Crippen molar-refractivity contribution in [1.82, 2.24) is 9.80 Å². The number of halogens is 1. The molecule has 1 fully saturated rings. The van der Waals surface area contributed by atoms with Crippen molar-refractivity contribution < 1.29 is 4.39 Å². The van der Waals surface area contributed by atoms with Crippen LogP contribution in [-0.4, -0.2) is 48.6 Å². The number of hydrogen-bond acceptors (Lipinski definition) is 2. The van der Waals surface area contributed by atoms with Gasteiger partial charge in [-0.25, -0.2) is 4.39 Å². The Hall–Kier alpha value is -1.97. The summed E-state index contributed by atoms with van der Waals surface area (Å²) in [5.41, 5.74) is 2.07. The van der Waals surface area contributed by atoms with Crippen molar-refractivity contribution in [3.8, 4) is 0 Å². The monoisotopic (exact) mass is 338 g/mol. The fourth-order valence-corrected chi connectivity index (χ4v) is 3.40. The van der Waals surface area contributed by atoms with E-state index in [1.807, 2.05) is 18.2 Å². The van der Waals surface area contributed by atoms with E-state index in [1.54, 1.807) is 12.1 Å². The lowest BCUT2D eigenvalue weighted by atomic mass is 10.0. The van der Waals surface area contributed by atoms with Gasteiger partial charge in [-0.1, -0.05) is 60.7 Å². The number of rotatable bonds is 6. The molecule has 0 radical (unpaired) electrons. The van der Waals surface area contributed by atoms with Crippen molar-refractivity contribution in [3.05, 3.63) is 77.6 Å². The third kappa shape index (κ3) is 5.25. The topological polar surface area (TPSA) is 6.48 Å². The van der Waals surface area contributed by atoms with Crippen molar-refractivity contribution in [2.24, 2.45) is 0 Å². The van der Waals surface area contributed by atoms with E-state index in [-0.39, 0.29) is 5.82 Å². The minimum Gasteiger partial charge on any atom is -0.298 e.